The van der Waals surface area contributed by atoms with Gasteiger partial charge < -0.3 is 9.63 Å². The van der Waals surface area contributed by atoms with Crippen molar-refractivity contribution in [2.45, 2.75) is 4.90 Å². The van der Waals surface area contributed by atoms with E-state index in [0.717, 1.165) is 17.4 Å². The SMILES string of the molecule is O=C(O)c1cc(S(=O)(=O)Nc2ccon2)c(Br)s1. The van der Waals surface area contributed by atoms with Gasteiger partial charge in [-0.25, -0.2) is 13.2 Å². The molecule has 2 rings (SSSR count). The second-order valence-corrected chi connectivity index (χ2v) is 7.06. The van der Waals surface area contributed by atoms with Gasteiger partial charge in [0.15, 0.2) is 5.82 Å². The number of hydrogen-bond donors (Lipinski definition) is 2. The third kappa shape index (κ3) is 2.54. The molecule has 0 radical (unpaired) electrons. The highest BCUT2D eigenvalue weighted by Gasteiger charge is 2.23. The van der Waals surface area contributed by atoms with E-state index >= 15 is 0 Å². The number of rotatable bonds is 4. The van der Waals surface area contributed by atoms with Gasteiger partial charge in [0.25, 0.3) is 10.0 Å². The second kappa shape index (κ2) is 4.71. The van der Waals surface area contributed by atoms with E-state index in [-0.39, 0.29) is 19.4 Å². The molecule has 0 aliphatic rings. The van der Waals surface area contributed by atoms with E-state index in [0.29, 0.717) is 0 Å². The van der Waals surface area contributed by atoms with Crippen LogP contribution in [0.4, 0.5) is 5.82 Å². The molecule has 18 heavy (non-hydrogen) atoms. The number of hydrogen-bond acceptors (Lipinski definition) is 6. The monoisotopic (exact) mass is 352 g/mol. The van der Waals surface area contributed by atoms with Gasteiger partial charge in [-0.3, -0.25) is 4.72 Å². The molecular weight excluding hydrogens is 348 g/mol. The summed E-state index contributed by atoms with van der Waals surface area (Å²) in [6.07, 6.45) is 1.21. The first-order valence-corrected chi connectivity index (χ1v) is 7.45. The summed E-state index contributed by atoms with van der Waals surface area (Å²) < 4.78 is 30.7. The number of carbonyl (C=O) groups is 1. The molecule has 10 heteroatoms. The molecule has 0 saturated carbocycles. The molecule has 0 fully saturated rings. The summed E-state index contributed by atoms with van der Waals surface area (Å²) in [5.74, 6) is -1.17. The molecule has 0 spiro atoms. The molecule has 0 amide bonds. The highest BCUT2D eigenvalue weighted by Crippen LogP contribution is 2.32. The van der Waals surface area contributed by atoms with E-state index in [1.54, 1.807) is 0 Å². The van der Waals surface area contributed by atoms with Crippen LogP contribution < -0.4 is 4.72 Å². The van der Waals surface area contributed by atoms with Crippen LogP contribution in [-0.2, 0) is 10.0 Å². The average molecular weight is 353 g/mol. The van der Waals surface area contributed by atoms with Gasteiger partial charge in [-0.2, -0.15) is 0 Å². The number of sulfonamides is 1. The molecule has 2 heterocycles. The predicted molar refractivity (Wildman–Crippen MR) is 66.3 cm³/mol. The number of thiophene rings is 1. The first kappa shape index (κ1) is 13.1. The summed E-state index contributed by atoms with van der Waals surface area (Å²) in [5, 5.41) is 12.2. The lowest BCUT2D eigenvalue weighted by Gasteiger charge is -2.02. The fraction of sp³-hybridized carbons (Fsp3) is 0. The number of halogens is 1. The van der Waals surface area contributed by atoms with Crippen molar-refractivity contribution in [3.8, 4) is 0 Å². The highest BCUT2D eigenvalue weighted by atomic mass is 79.9. The number of anilines is 1. The Labute approximate surface area is 114 Å². The van der Waals surface area contributed by atoms with Gasteiger partial charge in [0.05, 0.1) is 3.79 Å². The van der Waals surface area contributed by atoms with Crippen LogP contribution in [0.3, 0.4) is 0 Å². The lowest BCUT2D eigenvalue weighted by Crippen LogP contribution is -2.12. The standard InChI is InChI=1S/C8H5BrN2O5S2/c9-7-5(3-4(17-7)8(12)13)18(14,15)11-6-1-2-16-10-6/h1-3H,(H,10,11)(H,12,13). The normalized spacial score (nSPS) is 11.4. The van der Waals surface area contributed by atoms with Gasteiger partial charge in [-0.15, -0.1) is 11.3 Å². The number of nitrogens with one attached hydrogen (secondary N) is 1. The fourth-order valence-electron chi connectivity index (χ4n) is 1.10. The fourth-order valence-corrected chi connectivity index (χ4v) is 4.50. The second-order valence-electron chi connectivity index (χ2n) is 3.04. The molecule has 2 N–H and O–H groups in total. The zero-order valence-corrected chi connectivity index (χ0v) is 11.7. The Hall–Kier alpha value is -1.39. The van der Waals surface area contributed by atoms with Gasteiger partial charge in [-0.05, 0) is 22.0 Å². The van der Waals surface area contributed by atoms with Crippen molar-refractivity contribution in [3.63, 3.8) is 0 Å². The van der Waals surface area contributed by atoms with Crippen molar-refractivity contribution < 1.29 is 22.8 Å². The van der Waals surface area contributed by atoms with Crippen LogP contribution in [0.2, 0.25) is 0 Å². The Balaban J connectivity index is 2.38. The summed E-state index contributed by atoms with van der Waals surface area (Å²) in [7, 11) is -3.90. The van der Waals surface area contributed by atoms with Crippen LogP contribution in [0.1, 0.15) is 9.67 Å². The van der Waals surface area contributed by atoms with Crippen molar-refractivity contribution in [3.05, 3.63) is 27.1 Å². The lowest BCUT2D eigenvalue weighted by molar-refractivity contribution is 0.0702. The van der Waals surface area contributed by atoms with E-state index in [9.17, 15) is 13.2 Å². The summed E-state index contributed by atoms with van der Waals surface area (Å²) >= 11 is 3.83. The van der Waals surface area contributed by atoms with Crippen LogP contribution in [0.25, 0.3) is 0 Å². The quantitative estimate of drug-likeness (QED) is 0.870. The minimum absolute atomic E-state index is 0.0185. The van der Waals surface area contributed by atoms with Gasteiger partial charge in [0, 0.05) is 6.07 Å². The molecule has 7 nitrogen and oxygen atoms in total. The maximum Gasteiger partial charge on any atom is 0.345 e. The Morgan fingerprint density at radius 2 is 2.28 bits per heavy atom. The Bertz CT molecular complexity index is 676. The summed E-state index contributed by atoms with van der Waals surface area (Å²) in [6, 6.07) is 2.40. The number of carboxylic acids is 1. The molecule has 0 unspecified atom stereocenters. The van der Waals surface area contributed by atoms with Gasteiger partial charge in [0.2, 0.25) is 0 Å². The van der Waals surface area contributed by atoms with E-state index in [1.165, 1.54) is 12.3 Å². The molecule has 2 aromatic heterocycles. The summed E-state index contributed by atoms with van der Waals surface area (Å²) in [6.45, 7) is 0. The summed E-state index contributed by atoms with van der Waals surface area (Å²) in [4.78, 5) is 10.5. The van der Waals surface area contributed by atoms with Crippen molar-refractivity contribution in [1.82, 2.24) is 5.16 Å². The van der Waals surface area contributed by atoms with E-state index in [1.807, 2.05) is 0 Å². The van der Waals surface area contributed by atoms with E-state index < -0.39 is 16.0 Å². The maximum absolute atomic E-state index is 11.9. The van der Waals surface area contributed by atoms with Crippen molar-refractivity contribution >= 4 is 49.1 Å². The van der Waals surface area contributed by atoms with Crippen molar-refractivity contribution in [2.24, 2.45) is 0 Å². The molecular formula is C8H5BrN2O5S2. The van der Waals surface area contributed by atoms with Crippen LogP contribution in [-0.4, -0.2) is 24.7 Å². The topological polar surface area (TPSA) is 110 Å². The Morgan fingerprint density at radius 1 is 1.56 bits per heavy atom. The predicted octanol–water partition coefficient (Wildman–Crippen LogP) is 2.00. The molecule has 0 atom stereocenters. The molecule has 2 aromatic rings. The van der Waals surface area contributed by atoms with Gasteiger partial charge in [0.1, 0.15) is 16.0 Å². The lowest BCUT2D eigenvalue weighted by atomic mass is 10.5. The molecule has 0 aromatic carbocycles. The van der Waals surface area contributed by atoms with E-state index in [2.05, 4.69) is 30.3 Å². The highest BCUT2D eigenvalue weighted by molar-refractivity contribution is 9.11. The first-order chi connectivity index (χ1) is 8.40. The number of carboxylic acid groups (broad SMARTS) is 1. The Kier molecular flexibility index (Phi) is 3.41. The molecule has 0 aliphatic heterocycles. The largest absolute Gasteiger partial charge is 0.477 e. The zero-order chi connectivity index (χ0) is 13.3. The first-order valence-electron chi connectivity index (χ1n) is 4.36. The maximum atomic E-state index is 11.9. The Morgan fingerprint density at radius 3 is 2.78 bits per heavy atom. The van der Waals surface area contributed by atoms with E-state index in [4.69, 9.17) is 5.11 Å². The molecule has 0 saturated heterocycles. The van der Waals surface area contributed by atoms with Crippen molar-refractivity contribution in [1.29, 1.82) is 0 Å². The zero-order valence-electron chi connectivity index (χ0n) is 8.45. The van der Waals surface area contributed by atoms with Crippen LogP contribution >= 0.6 is 27.3 Å². The third-order valence-electron chi connectivity index (χ3n) is 1.83. The summed E-state index contributed by atoms with van der Waals surface area (Å²) in [5.41, 5.74) is 0. The smallest absolute Gasteiger partial charge is 0.345 e. The van der Waals surface area contributed by atoms with Crippen LogP contribution in [0, 0.1) is 0 Å². The van der Waals surface area contributed by atoms with Crippen LogP contribution in [0.15, 0.2) is 31.6 Å². The van der Waals surface area contributed by atoms with Crippen molar-refractivity contribution in [2.75, 3.05) is 4.72 Å². The van der Waals surface area contributed by atoms with Crippen LogP contribution in [0.5, 0.6) is 0 Å². The minimum atomic E-state index is -3.90. The average Bonchev–Trinajstić information content (AvgIpc) is 2.86. The minimum Gasteiger partial charge on any atom is -0.477 e. The number of aromatic carboxylic acids is 1. The number of aromatic nitrogens is 1. The molecule has 0 aliphatic carbocycles. The molecule has 0 bridgehead atoms. The number of nitrogens with zero attached hydrogens (tertiary/aromatic N) is 1. The van der Waals surface area contributed by atoms with Gasteiger partial charge >= 0.3 is 5.97 Å². The van der Waals surface area contributed by atoms with Gasteiger partial charge in [-0.1, -0.05) is 5.16 Å². The molecule has 96 valence electrons. The third-order valence-corrected chi connectivity index (χ3v) is 5.43.